The Balaban J connectivity index is 1.85. The van der Waals surface area contributed by atoms with Gasteiger partial charge >= 0.3 is 0 Å². The molecule has 2 heterocycles. The van der Waals surface area contributed by atoms with E-state index in [4.69, 9.17) is 0 Å². The van der Waals surface area contributed by atoms with Crippen LogP contribution in [0.1, 0.15) is 17.7 Å². The van der Waals surface area contributed by atoms with E-state index in [1.54, 1.807) is 0 Å². The number of fused-ring (bicyclic) bond motifs is 1. The summed E-state index contributed by atoms with van der Waals surface area (Å²) in [6.07, 6.45) is 2.80. The van der Waals surface area contributed by atoms with Gasteiger partial charge in [0, 0.05) is 32.9 Å². The number of aliphatic hydroxyl groups excluding tert-OH is 1. The number of aromatic nitrogens is 1. The van der Waals surface area contributed by atoms with Crippen molar-refractivity contribution < 1.29 is 5.11 Å². The second-order valence-corrected chi connectivity index (χ2v) is 5.90. The molecule has 0 fully saturated rings. The van der Waals surface area contributed by atoms with E-state index in [1.165, 1.54) is 5.56 Å². The van der Waals surface area contributed by atoms with E-state index in [0.29, 0.717) is 0 Å². The van der Waals surface area contributed by atoms with Crippen molar-refractivity contribution in [1.29, 1.82) is 0 Å². The normalized spacial score (nSPS) is 19.4. The summed E-state index contributed by atoms with van der Waals surface area (Å²) >= 11 is 0. The number of pyridine rings is 1. The van der Waals surface area contributed by atoms with Crippen molar-refractivity contribution in [3.8, 4) is 0 Å². The zero-order chi connectivity index (χ0) is 15.4. The van der Waals surface area contributed by atoms with Crippen LogP contribution in [0.2, 0.25) is 0 Å². The average molecular weight is 297 g/mol. The summed E-state index contributed by atoms with van der Waals surface area (Å²) in [4.78, 5) is 9.15. The van der Waals surface area contributed by atoms with Crippen molar-refractivity contribution in [2.75, 3.05) is 25.1 Å². The highest BCUT2D eigenvalue weighted by Gasteiger charge is 2.23. The van der Waals surface area contributed by atoms with Crippen molar-refractivity contribution in [2.24, 2.45) is 0 Å². The number of benzene rings is 1. The molecule has 1 aromatic heterocycles. The lowest BCUT2D eigenvalue weighted by atomic mass is 10.1. The van der Waals surface area contributed by atoms with Crippen LogP contribution in [0.3, 0.4) is 0 Å². The number of rotatable bonds is 3. The smallest absolute Gasteiger partial charge is 0.0776 e. The minimum Gasteiger partial charge on any atom is -0.394 e. The first-order valence-corrected chi connectivity index (χ1v) is 7.82. The predicted octanol–water partition coefficient (Wildman–Crippen LogP) is 2.28. The van der Waals surface area contributed by atoms with Crippen LogP contribution < -0.4 is 4.90 Å². The molecule has 0 radical (unpaired) electrons. The second-order valence-electron chi connectivity index (χ2n) is 5.90. The molecule has 1 aliphatic rings. The fraction of sp³-hybridized carbons (Fsp3) is 0.389. The molecule has 0 spiro atoms. The van der Waals surface area contributed by atoms with Crippen LogP contribution in [0, 0.1) is 0 Å². The Morgan fingerprint density at radius 3 is 2.77 bits per heavy atom. The summed E-state index contributed by atoms with van der Waals surface area (Å²) in [6.45, 7) is 2.89. The molecule has 3 rings (SSSR count). The summed E-state index contributed by atoms with van der Waals surface area (Å²) < 4.78 is 0. The summed E-state index contributed by atoms with van der Waals surface area (Å²) in [5, 5.41) is 9.70. The SMILES string of the molecule is CN1c2cccnc2CN(Cc2ccccc2)CC[C@H]1CO. The minimum atomic E-state index is 0.140. The maximum atomic E-state index is 9.70. The van der Waals surface area contributed by atoms with Crippen LogP contribution in [0.15, 0.2) is 48.7 Å². The highest BCUT2D eigenvalue weighted by atomic mass is 16.3. The van der Waals surface area contributed by atoms with Crippen LogP contribution in [0.25, 0.3) is 0 Å². The Morgan fingerprint density at radius 2 is 2.00 bits per heavy atom. The monoisotopic (exact) mass is 297 g/mol. The molecule has 1 aliphatic heterocycles. The molecule has 22 heavy (non-hydrogen) atoms. The highest BCUT2D eigenvalue weighted by molar-refractivity contribution is 5.51. The van der Waals surface area contributed by atoms with E-state index in [0.717, 1.165) is 37.4 Å². The van der Waals surface area contributed by atoms with Gasteiger partial charge in [0.25, 0.3) is 0 Å². The Labute approximate surface area is 132 Å². The first kappa shape index (κ1) is 15.0. The van der Waals surface area contributed by atoms with Crippen LogP contribution in [-0.4, -0.2) is 41.2 Å². The Bertz CT molecular complexity index is 602. The Hall–Kier alpha value is -1.91. The first-order chi connectivity index (χ1) is 10.8. The van der Waals surface area contributed by atoms with E-state index < -0.39 is 0 Å². The number of anilines is 1. The molecule has 4 heteroatoms. The van der Waals surface area contributed by atoms with E-state index >= 15 is 0 Å². The summed E-state index contributed by atoms with van der Waals surface area (Å²) in [5.74, 6) is 0. The van der Waals surface area contributed by atoms with Gasteiger partial charge in [-0.05, 0) is 24.1 Å². The third-order valence-electron chi connectivity index (χ3n) is 4.41. The number of nitrogens with zero attached hydrogens (tertiary/aromatic N) is 3. The minimum absolute atomic E-state index is 0.140. The number of hydrogen-bond acceptors (Lipinski definition) is 4. The molecular formula is C18H23N3O. The van der Waals surface area contributed by atoms with Gasteiger partial charge < -0.3 is 10.0 Å². The maximum Gasteiger partial charge on any atom is 0.0776 e. The third-order valence-corrected chi connectivity index (χ3v) is 4.41. The number of hydrogen-bond donors (Lipinski definition) is 1. The van der Waals surface area contributed by atoms with Gasteiger partial charge in [-0.2, -0.15) is 0 Å². The van der Waals surface area contributed by atoms with Crippen molar-refractivity contribution in [2.45, 2.75) is 25.6 Å². The van der Waals surface area contributed by atoms with Gasteiger partial charge in [-0.25, -0.2) is 0 Å². The Morgan fingerprint density at radius 1 is 1.18 bits per heavy atom. The molecular weight excluding hydrogens is 274 g/mol. The summed E-state index contributed by atoms with van der Waals surface area (Å²) in [6, 6.07) is 14.7. The fourth-order valence-electron chi connectivity index (χ4n) is 3.08. The molecule has 2 aromatic rings. The number of aliphatic hydroxyl groups is 1. The molecule has 0 amide bonds. The molecule has 1 N–H and O–H groups in total. The largest absolute Gasteiger partial charge is 0.394 e. The van der Waals surface area contributed by atoms with Crippen LogP contribution in [0.4, 0.5) is 5.69 Å². The van der Waals surface area contributed by atoms with Gasteiger partial charge in [0.05, 0.1) is 24.0 Å². The van der Waals surface area contributed by atoms with Crippen molar-refractivity contribution in [3.05, 3.63) is 59.9 Å². The molecule has 0 saturated carbocycles. The quantitative estimate of drug-likeness (QED) is 0.943. The zero-order valence-corrected chi connectivity index (χ0v) is 13.0. The first-order valence-electron chi connectivity index (χ1n) is 7.82. The van der Waals surface area contributed by atoms with E-state index in [2.05, 4.69) is 45.1 Å². The average Bonchev–Trinajstić information content (AvgIpc) is 2.55. The van der Waals surface area contributed by atoms with E-state index in [-0.39, 0.29) is 12.6 Å². The van der Waals surface area contributed by atoms with Gasteiger partial charge in [0.15, 0.2) is 0 Å². The second kappa shape index (κ2) is 6.90. The highest BCUT2D eigenvalue weighted by Crippen LogP contribution is 2.25. The standard InChI is InChI=1S/C18H23N3O/c1-20-16(14-22)9-11-21(12-15-6-3-2-4-7-15)13-17-18(20)8-5-10-19-17/h2-8,10,16,22H,9,11-14H2,1H3/t16-/m0/s1. The summed E-state index contributed by atoms with van der Waals surface area (Å²) in [7, 11) is 2.05. The van der Waals surface area contributed by atoms with E-state index in [9.17, 15) is 5.11 Å². The van der Waals surface area contributed by atoms with Gasteiger partial charge in [-0.1, -0.05) is 30.3 Å². The topological polar surface area (TPSA) is 39.6 Å². The number of likely N-dealkylation sites (N-methyl/N-ethyl adjacent to an activating group) is 1. The molecule has 1 atom stereocenters. The van der Waals surface area contributed by atoms with Gasteiger partial charge in [0.2, 0.25) is 0 Å². The molecule has 1 aromatic carbocycles. The fourth-order valence-corrected chi connectivity index (χ4v) is 3.08. The van der Waals surface area contributed by atoms with Crippen molar-refractivity contribution in [1.82, 2.24) is 9.88 Å². The molecule has 116 valence electrons. The van der Waals surface area contributed by atoms with Crippen LogP contribution in [0.5, 0.6) is 0 Å². The van der Waals surface area contributed by atoms with E-state index in [1.807, 2.05) is 25.4 Å². The molecule has 0 unspecified atom stereocenters. The molecule has 0 bridgehead atoms. The lowest BCUT2D eigenvalue weighted by Gasteiger charge is -2.35. The van der Waals surface area contributed by atoms with Gasteiger partial charge in [0.1, 0.15) is 0 Å². The molecule has 4 nitrogen and oxygen atoms in total. The predicted molar refractivity (Wildman–Crippen MR) is 88.7 cm³/mol. The lowest BCUT2D eigenvalue weighted by molar-refractivity contribution is 0.204. The van der Waals surface area contributed by atoms with Gasteiger partial charge in [-0.3, -0.25) is 9.88 Å². The van der Waals surface area contributed by atoms with Crippen LogP contribution >= 0.6 is 0 Å². The van der Waals surface area contributed by atoms with Crippen molar-refractivity contribution in [3.63, 3.8) is 0 Å². The molecule has 0 saturated heterocycles. The van der Waals surface area contributed by atoms with Gasteiger partial charge in [-0.15, -0.1) is 0 Å². The third kappa shape index (κ3) is 3.29. The zero-order valence-electron chi connectivity index (χ0n) is 13.0. The Kier molecular flexibility index (Phi) is 4.71. The van der Waals surface area contributed by atoms with Crippen LogP contribution in [-0.2, 0) is 13.1 Å². The molecule has 0 aliphatic carbocycles. The summed E-state index contributed by atoms with van der Waals surface area (Å²) in [5.41, 5.74) is 3.52. The maximum absolute atomic E-state index is 9.70. The lowest BCUT2D eigenvalue weighted by Crippen LogP contribution is -2.41. The van der Waals surface area contributed by atoms with Crippen molar-refractivity contribution >= 4 is 5.69 Å².